The van der Waals surface area contributed by atoms with Crippen molar-refractivity contribution in [3.63, 3.8) is 0 Å². The molecule has 1 aromatic rings. The number of ether oxygens (including phenoxy) is 11. The normalized spacial score (nSPS) is 24.6. The predicted molar refractivity (Wildman–Crippen MR) is 282 cm³/mol. The van der Waals surface area contributed by atoms with E-state index in [1.165, 1.54) is 77.0 Å². The van der Waals surface area contributed by atoms with Crippen molar-refractivity contribution in [3.05, 3.63) is 29.8 Å². The van der Waals surface area contributed by atoms with Gasteiger partial charge >= 0.3 is 47.8 Å². The molecule has 23 heteroatoms. The molecule has 3 aliphatic rings. The van der Waals surface area contributed by atoms with Crippen LogP contribution in [-0.2, 0) is 96.9 Å². The van der Waals surface area contributed by atoms with Gasteiger partial charge in [-0.1, -0.05) is 115 Å². The minimum Gasteiger partial charge on any atom is -0.494 e. The number of benzene rings is 1. The van der Waals surface area contributed by atoms with Crippen molar-refractivity contribution in [2.24, 2.45) is 5.41 Å². The van der Waals surface area contributed by atoms with E-state index in [9.17, 15) is 38.4 Å². The number of barbiturate groups is 1. The molecule has 4 rings (SSSR count). The van der Waals surface area contributed by atoms with Crippen LogP contribution in [0.3, 0.4) is 0 Å². The van der Waals surface area contributed by atoms with Crippen LogP contribution in [0.25, 0.3) is 0 Å². The van der Waals surface area contributed by atoms with Crippen molar-refractivity contribution in [3.8, 4) is 5.75 Å². The fourth-order valence-corrected chi connectivity index (χ4v) is 10.4. The van der Waals surface area contributed by atoms with E-state index >= 15 is 9.59 Å². The number of imide groups is 2. The van der Waals surface area contributed by atoms with Gasteiger partial charge in [-0.3, -0.25) is 53.0 Å². The van der Waals surface area contributed by atoms with Gasteiger partial charge in [-0.15, -0.1) is 0 Å². The predicted octanol–water partition coefficient (Wildman–Crippen LogP) is 6.57. The average molecular weight is 1130 g/mol. The van der Waals surface area contributed by atoms with Gasteiger partial charge in [-0.2, -0.15) is 0 Å². The second-order valence-electron chi connectivity index (χ2n) is 20.7. The number of carbonyl (C=O) groups excluding carboxylic acids is 10. The number of urea groups is 1. The summed E-state index contributed by atoms with van der Waals surface area (Å²) in [7, 11) is 2.27. The molecular formula is C57H84N2O21. The van der Waals surface area contributed by atoms with Gasteiger partial charge in [-0.05, 0) is 30.5 Å². The van der Waals surface area contributed by atoms with Gasteiger partial charge in [-0.25, -0.2) is 4.79 Å². The number of carbonyl (C=O) groups is 10. The molecule has 0 N–H and O–H groups in total. The molecule has 10 atom stereocenters. The molecule has 0 unspecified atom stereocenters. The Morgan fingerprint density at radius 2 is 0.863 bits per heavy atom. The molecule has 3 saturated heterocycles. The van der Waals surface area contributed by atoms with Crippen LogP contribution in [0.1, 0.15) is 164 Å². The number of amides is 4. The van der Waals surface area contributed by atoms with Gasteiger partial charge in [0.05, 0.1) is 6.61 Å². The van der Waals surface area contributed by atoms with Gasteiger partial charge in [0, 0.05) is 62.6 Å². The van der Waals surface area contributed by atoms with Crippen LogP contribution in [0.5, 0.6) is 5.75 Å². The number of esters is 7. The lowest BCUT2D eigenvalue weighted by molar-refractivity contribution is -0.348. The molecule has 0 spiro atoms. The standard InChI is InChI=1S/C57H84N2O21/c1-11-12-13-14-15-16-17-18-19-20-21-22-23-24-25-26-31-70-43-29-27-42(28-30-43)32-57(54(67)58(9)56(69)59(10)55(57)68)52-50(76-40(7)65)48(74-38(5)63)47(44(78-52)33-71-35(2)60)80-53-51(77-41(8)66)49(75-39(6)64)46(73-37(4)62)45(79-53)34-72-36(3)61/h27-30,44-53H,11-26,31-34H2,1-10H3/t44-,45-,46-,47-,48+,49+,50-,51-,52-,53+/m1/s1. The number of hydrogen-bond donors (Lipinski definition) is 0. The fourth-order valence-electron chi connectivity index (χ4n) is 10.4. The average Bonchev–Trinajstić information content (AvgIpc) is 3.59. The van der Waals surface area contributed by atoms with Crippen LogP contribution in [0.15, 0.2) is 24.3 Å². The van der Waals surface area contributed by atoms with E-state index in [1.807, 2.05) is 0 Å². The lowest BCUT2D eigenvalue weighted by Crippen LogP contribution is -2.75. The Kier molecular flexibility index (Phi) is 27.3. The van der Waals surface area contributed by atoms with Gasteiger partial charge < -0.3 is 52.1 Å². The summed E-state index contributed by atoms with van der Waals surface area (Å²) in [6.45, 7) is 8.35. The number of rotatable bonds is 32. The first kappa shape index (κ1) is 66.3. The molecule has 4 amide bonds. The molecule has 80 heavy (non-hydrogen) atoms. The molecule has 23 nitrogen and oxygen atoms in total. The molecule has 448 valence electrons. The van der Waals surface area contributed by atoms with Crippen molar-refractivity contribution < 1.29 is 100 Å². The van der Waals surface area contributed by atoms with E-state index < -0.39 is 146 Å². The van der Waals surface area contributed by atoms with E-state index in [-0.39, 0.29) is 0 Å². The van der Waals surface area contributed by atoms with Crippen LogP contribution in [-0.4, -0.2) is 165 Å². The molecule has 3 heterocycles. The van der Waals surface area contributed by atoms with Gasteiger partial charge in [0.2, 0.25) is 11.8 Å². The third-order valence-corrected chi connectivity index (χ3v) is 14.0. The topological polar surface area (TPSA) is 279 Å². The number of nitrogens with zero attached hydrogens (tertiary/aromatic N) is 2. The Morgan fingerprint density at radius 1 is 0.475 bits per heavy atom. The summed E-state index contributed by atoms with van der Waals surface area (Å²) >= 11 is 0. The minimum absolute atomic E-state index is 0.347. The van der Waals surface area contributed by atoms with Crippen LogP contribution in [0, 0.1) is 5.41 Å². The monoisotopic (exact) mass is 1130 g/mol. The summed E-state index contributed by atoms with van der Waals surface area (Å²) in [6, 6.07) is 5.52. The summed E-state index contributed by atoms with van der Waals surface area (Å²) in [5, 5.41) is 0. The van der Waals surface area contributed by atoms with Crippen molar-refractivity contribution in [1.82, 2.24) is 9.80 Å². The van der Waals surface area contributed by atoms with E-state index in [0.29, 0.717) is 27.7 Å². The van der Waals surface area contributed by atoms with Crippen LogP contribution >= 0.6 is 0 Å². The van der Waals surface area contributed by atoms with Gasteiger partial charge in [0.1, 0.15) is 43.4 Å². The van der Waals surface area contributed by atoms with Crippen LogP contribution < -0.4 is 4.74 Å². The third-order valence-electron chi connectivity index (χ3n) is 14.0. The zero-order valence-corrected chi connectivity index (χ0v) is 48.2. The van der Waals surface area contributed by atoms with E-state index in [0.717, 1.165) is 88.2 Å². The van der Waals surface area contributed by atoms with Crippen molar-refractivity contribution in [1.29, 1.82) is 0 Å². The van der Waals surface area contributed by atoms with Crippen LogP contribution in [0.2, 0.25) is 0 Å². The smallest absolute Gasteiger partial charge is 0.332 e. The van der Waals surface area contributed by atoms with Crippen molar-refractivity contribution in [2.75, 3.05) is 33.9 Å². The summed E-state index contributed by atoms with van der Waals surface area (Å²) in [5.41, 5.74) is -2.18. The maximum atomic E-state index is 15.0. The lowest BCUT2D eigenvalue weighted by atomic mass is 9.68. The molecule has 3 aliphatic heterocycles. The van der Waals surface area contributed by atoms with Gasteiger partial charge in [0.25, 0.3) is 0 Å². The number of hydrogen-bond acceptors (Lipinski definition) is 21. The highest BCUT2D eigenvalue weighted by atomic mass is 16.8. The van der Waals surface area contributed by atoms with E-state index in [2.05, 4.69) is 6.92 Å². The van der Waals surface area contributed by atoms with Crippen molar-refractivity contribution in [2.45, 2.75) is 226 Å². The molecule has 0 aromatic heterocycles. The van der Waals surface area contributed by atoms with Crippen LogP contribution in [0.4, 0.5) is 4.79 Å². The number of unbranched alkanes of at least 4 members (excludes halogenated alkanes) is 15. The Balaban J connectivity index is 1.67. The largest absolute Gasteiger partial charge is 0.494 e. The molecular weight excluding hydrogens is 1050 g/mol. The minimum atomic E-state index is -2.53. The summed E-state index contributed by atoms with van der Waals surface area (Å²) in [4.78, 5) is 134. The SMILES string of the molecule is CCCCCCCCCCCCCCCCCCOc1ccc(CC2([C@@H]3O[C@H](COC(C)=O)[C@@H](O[C@@H]4O[C@H](COC(C)=O)[C@@H](OC(C)=O)[C@H](OC(C)=O)[C@H]4OC(C)=O)[C@H](OC(C)=O)[C@H]3OC(C)=O)C(=O)N(C)C(=O)N(C)C2=O)cc1. The highest BCUT2D eigenvalue weighted by Gasteiger charge is 2.68. The second-order valence-corrected chi connectivity index (χ2v) is 20.7. The van der Waals surface area contributed by atoms with E-state index in [1.54, 1.807) is 24.3 Å². The molecule has 1 aromatic carbocycles. The van der Waals surface area contributed by atoms with Gasteiger partial charge in [0.15, 0.2) is 42.2 Å². The summed E-state index contributed by atoms with van der Waals surface area (Å²) in [6.07, 6.45) is 0.946. The third kappa shape index (κ3) is 19.5. The molecule has 0 aliphatic carbocycles. The molecule has 3 fully saturated rings. The summed E-state index contributed by atoms with van der Waals surface area (Å²) < 4.78 is 64.5. The first-order valence-electron chi connectivity index (χ1n) is 27.9. The molecule has 0 radical (unpaired) electrons. The highest BCUT2D eigenvalue weighted by molar-refractivity contribution is 6.19. The lowest BCUT2D eigenvalue weighted by Gasteiger charge is -2.53. The Morgan fingerprint density at radius 3 is 1.30 bits per heavy atom. The van der Waals surface area contributed by atoms with E-state index in [4.69, 9.17) is 52.1 Å². The maximum absolute atomic E-state index is 15.0. The zero-order chi connectivity index (χ0) is 59.1. The first-order chi connectivity index (χ1) is 38.0. The van der Waals surface area contributed by atoms with Crippen molar-refractivity contribution >= 4 is 59.6 Å². The maximum Gasteiger partial charge on any atom is 0.332 e. The zero-order valence-electron chi connectivity index (χ0n) is 48.2. The summed E-state index contributed by atoms with van der Waals surface area (Å²) in [5.74, 6) is -8.35. The molecule has 0 bridgehead atoms. The second kappa shape index (κ2) is 32.9. The Labute approximate surface area is 468 Å². The Hall–Kier alpha value is -6.20. The Bertz CT molecular complexity index is 2230. The fraction of sp³-hybridized carbons (Fsp3) is 0.719. The first-order valence-corrected chi connectivity index (χ1v) is 27.9. The highest BCUT2D eigenvalue weighted by Crippen LogP contribution is 2.45. The quantitative estimate of drug-likeness (QED) is 0.0319. The molecule has 0 saturated carbocycles.